The van der Waals surface area contributed by atoms with Crippen molar-refractivity contribution in [1.82, 2.24) is 10.2 Å². The summed E-state index contributed by atoms with van der Waals surface area (Å²) < 4.78 is 11.4. The van der Waals surface area contributed by atoms with E-state index in [-0.39, 0.29) is 6.10 Å². The third-order valence-corrected chi connectivity index (χ3v) is 4.24. The van der Waals surface area contributed by atoms with E-state index in [0.29, 0.717) is 12.6 Å². The van der Waals surface area contributed by atoms with Gasteiger partial charge in [0.05, 0.1) is 6.10 Å². The third kappa shape index (κ3) is 4.43. The van der Waals surface area contributed by atoms with Crippen LogP contribution in [0, 0.1) is 0 Å². The molecule has 4 heteroatoms. The van der Waals surface area contributed by atoms with Gasteiger partial charge in [-0.3, -0.25) is 4.90 Å². The van der Waals surface area contributed by atoms with Gasteiger partial charge in [-0.1, -0.05) is 12.1 Å². The first-order valence-electron chi connectivity index (χ1n) is 8.09. The maximum absolute atomic E-state index is 5.80. The van der Waals surface area contributed by atoms with Crippen molar-refractivity contribution in [2.24, 2.45) is 0 Å². The van der Waals surface area contributed by atoms with E-state index >= 15 is 0 Å². The van der Waals surface area contributed by atoms with Crippen molar-refractivity contribution in [2.45, 2.75) is 38.5 Å². The quantitative estimate of drug-likeness (QED) is 0.900. The fraction of sp³-hybridized carbons (Fsp3) is 0.647. The van der Waals surface area contributed by atoms with Crippen LogP contribution in [0.25, 0.3) is 0 Å². The molecule has 2 fully saturated rings. The Morgan fingerprint density at radius 1 is 1.33 bits per heavy atom. The van der Waals surface area contributed by atoms with Crippen LogP contribution in [0.15, 0.2) is 24.3 Å². The Kier molecular flexibility index (Phi) is 5.12. The number of ether oxygens (including phenoxy) is 2. The molecule has 0 aliphatic carbocycles. The van der Waals surface area contributed by atoms with E-state index in [1.807, 2.05) is 0 Å². The third-order valence-electron chi connectivity index (χ3n) is 4.24. The highest BCUT2D eigenvalue weighted by atomic mass is 16.5. The molecule has 2 saturated heterocycles. The predicted molar refractivity (Wildman–Crippen MR) is 83.7 cm³/mol. The summed E-state index contributed by atoms with van der Waals surface area (Å²) in [6.07, 6.45) is 2.57. The summed E-state index contributed by atoms with van der Waals surface area (Å²) in [5, 5.41) is 3.48. The maximum atomic E-state index is 5.80. The lowest BCUT2D eigenvalue weighted by molar-refractivity contribution is 0.0679. The largest absolute Gasteiger partial charge is 0.491 e. The van der Waals surface area contributed by atoms with Crippen molar-refractivity contribution in [1.29, 1.82) is 0 Å². The molecule has 1 aromatic rings. The summed E-state index contributed by atoms with van der Waals surface area (Å²) in [6, 6.07) is 9.11. The zero-order chi connectivity index (χ0) is 14.5. The summed E-state index contributed by atoms with van der Waals surface area (Å²) in [5.41, 5.74) is 1.36. The monoisotopic (exact) mass is 290 g/mol. The lowest BCUT2D eigenvalue weighted by Gasteiger charge is -2.31. The molecular formula is C17H26N2O2. The van der Waals surface area contributed by atoms with Gasteiger partial charge in [-0.15, -0.1) is 0 Å². The van der Waals surface area contributed by atoms with Crippen LogP contribution in [0.1, 0.15) is 25.3 Å². The zero-order valence-electron chi connectivity index (χ0n) is 12.9. The number of hydrogen-bond acceptors (Lipinski definition) is 4. The fourth-order valence-electron chi connectivity index (χ4n) is 3.07. The Hall–Kier alpha value is -1.10. The van der Waals surface area contributed by atoms with Gasteiger partial charge in [-0.05, 0) is 37.5 Å². The summed E-state index contributed by atoms with van der Waals surface area (Å²) in [5.74, 6) is 0.947. The van der Waals surface area contributed by atoms with E-state index < -0.39 is 0 Å². The number of piperazine rings is 1. The normalized spacial score (nSPS) is 26.9. The Morgan fingerprint density at radius 3 is 2.90 bits per heavy atom. The Labute approximate surface area is 127 Å². The van der Waals surface area contributed by atoms with Gasteiger partial charge >= 0.3 is 0 Å². The van der Waals surface area contributed by atoms with Crippen LogP contribution in [0.2, 0.25) is 0 Å². The molecule has 2 aliphatic heterocycles. The van der Waals surface area contributed by atoms with Gasteiger partial charge < -0.3 is 14.8 Å². The number of nitrogens with zero attached hydrogens (tertiary/aromatic N) is 1. The molecule has 0 radical (unpaired) electrons. The molecule has 2 heterocycles. The first kappa shape index (κ1) is 14.8. The standard InChI is InChI=1S/C17H26N2O2/c1-14-11-19(9-8-18-14)12-15-4-6-16(7-5-15)21-13-17-3-2-10-20-17/h4-7,14,17-18H,2-3,8-13H2,1H3/t14-,17?/m0/s1. The van der Waals surface area contributed by atoms with Gasteiger partial charge in [0.1, 0.15) is 12.4 Å². The average molecular weight is 290 g/mol. The van der Waals surface area contributed by atoms with Crippen LogP contribution in [0.5, 0.6) is 5.75 Å². The Bertz CT molecular complexity index is 429. The average Bonchev–Trinajstić information content (AvgIpc) is 3.00. The SMILES string of the molecule is C[C@H]1CN(Cc2ccc(OCC3CCCO3)cc2)CCN1. The summed E-state index contributed by atoms with van der Waals surface area (Å²) in [7, 11) is 0. The molecular weight excluding hydrogens is 264 g/mol. The Balaban J connectivity index is 1.46. The minimum absolute atomic E-state index is 0.284. The topological polar surface area (TPSA) is 33.7 Å². The van der Waals surface area contributed by atoms with E-state index in [2.05, 4.69) is 41.4 Å². The molecule has 1 unspecified atom stereocenters. The van der Waals surface area contributed by atoms with Crippen molar-refractivity contribution in [3.63, 3.8) is 0 Å². The molecule has 2 aliphatic rings. The molecule has 1 N–H and O–H groups in total. The molecule has 21 heavy (non-hydrogen) atoms. The summed E-state index contributed by atoms with van der Waals surface area (Å²) in [4.78, 5) is 2.50. The van der Waals surface area contributed by atoms with E-state index in [1.165, 1.54) is 5.56 Å². The first-order valence-corrected chi connectivity index (χ1v) is 8.09. The van der Waals surface area contributed by atoms with Crippen molar-refractivity contribution >= 4 is 0 Å². The summed E-state index contributed by atoms with van der Waals surface area (Å²) in [6.45, 7) is 8.17. The lowest BCUT2D eigenvalue weighted by atomic mass is 10.1. The molecule has 0 amide bonds. The molecule has 116 valence electrons. The number of hydrogen-bond donors (Lipinski definition) is 1. The molecule has 0 aromatic heterocycles. The Morgan fingerprint density at radius 2 is 2.19 bits per heavy atom. The smallest absolute Gasteiger partial charge is 0.119 e. The number of rotatable bonds is 5. The van der Waals surface area contributed by atoms with E-state index in [9.17, 15) is 0 Å². The second kappa shape index (κ2) is 7.25. The van der Waals surface area contributed by atoms with E-state index in [1.54, 1.807) is 0 Å². The second-order valence-electron chi connectivity index (χ2n) is 6.18. The molecule has 0 saturated carbocycles. The van der Waals surface area contributed by atoms with Crippen molar-refractivity contribution in [2.75, 3.05) is 32.8 Å². The van der Waals surface area contributed by atoms with Gasteiger partial charge in [0.25, 0.3) is 0 Å². The van der Waals surface area contributed by atoms with E-state index in [4.69, 9.17) is 9.47 Å². The van der Waals surface area contributed by atoms with Crippen LogP contribution in [0.4, 0.5) is 0 Å². The first-order chi connectivity index (χ1) is 10.3. The van der Waals surface area contributed by atoms with Gasteiger partial charge in [0.2, 0.25) is 0 Å². The van der Waals surface area contributed by atoms with Gasteiger partial charge in [0, 0.05) is 38.8 Å². The minimum atomic E-state index is 0.284. The van der Waals surface area contributed by atoms with E-state index in [0.717, 1.165) is 51.4 Å². The van der Waals surface area contributed by atoms with Gasteiger partial charge in [0.15, 0.2) is 0 Å². The van der Waals surface area contributed by atoms with Crippen LogP contribution >= 0.6 is 0 Å². The van der Waals surface area contributed by atoms with Gasteiger partial charge in [-0.2, -0.15) is 0 Å². The van der Waals surface area contributed by atoms with Gasteiger partial charge in [-0.25, -0.2) is 0 Å². The fourth-order valence-corrected chi connectivity index (χ4v) is 3.07. The highest BCUT2D eigenvalue weighted by molar-refractivity contribution is 5.27. The van der Waals surface area contributed by atoms with Crippen LogP contribution < -0.4 is 10.1 Å². The molecule has 0 spiro atoms. The van der Waals surface area contributed by atoms with Crippen molar-refractivity contribution in [3.8, 4) is 5.75 Å². The summed E-state index contributed by atoms with van der Waals surface area (Å²) >= 11 is 0. The molecule has 0 bridgehead atoms. The van der Waals surface area contributed by atoms with Crippen LogP contribution in [-0.2, 0) is 11.3 Å². The van der Waals surface area contributed by atoms with Crippen molar-refractivity contribution < 1.29 is 9.47 Å². The number of benzene rings is 1. The van der Waals surface area contributed by atoms with Crippen molar-refractivity contribution in [3.05, 3.63) is 29.8 Å². The molecule has 1 aromatic carbocycles. The minimum Gasteiger partial charge on any atom is -0.491 e. The number of nitrogens with one attached hydrogen (secondary N) is 1. The second-order valence-corrected chi connectivity index (χ2v) is 6.18. The molecule has 2 atom stereocenters. The molecule has 3 rings (SSSR count). The van der Waals surface area contributed by atoms with Crippen LogP contribution in [0.3, 0.4) is 0 Å². The zero-order valence-corrected chi connectivity index (χ0v) is 12.9. The molecule has 4 nitrogen and oxygen atoms in total. The predicted octanol–water partition coefficient (Wildman–Crippen LogP) is 2.04. The van der Waals surface area contributed by atoms with Crippen LogP contribution in [-0.4, -0.2) is 49.9 Å². The highest BCUT2D eigenvalue weighted by Crippen LogP contribution is 2.17. The maximum Gasteiger partial charge on any atom is 0.119 e. The highest BCUT2D eigenvalue weighted by Gasteiger charge is 2.17. The lowest BCUT2D eigenvalue weighted by Crippen LogP contribution is -2.48.